The van der Waals surface area contributed by atoms with Crippen LogP contribution in [0.2, 0.25) is 0 Å². The summed E-state index contributed by atoms with van der Waals surface area (Å²) in [5.41, 5.74) is 2.39. The molecule has 3 heteroatoms. The van der Waals surface area contributed by atoms with E-state index in [2.05, 4.69) is 20.8 Å². The maximum atomic E-state index is 5.14. The van der Waals surface area contributed by atoms with Crippen molar-refractivity contribution in [3.63, 3.8) is 0 Å². The maximum Gasteiger partial charge on any atom is 0.154 e. The predicted molar refractivity (Wildman–Crippen MR) is 67.2 cm³/mol. The highest BCUT2D eigenvalue weighted by molar-refractivity contribution is 7.79. The summed E-state index contributed by atoms with van der Waals surface area (Å²) in [7, 11) is 0. The third kappa shape index (κ3) is 3.61. The Bertz CT molecular complexity index is 355. The Labute approximate surface area is 96.4 Å². The minimum atomic E-state index is 0.268. The average molecular weight is 223 g/mol. The summed E-state index contributed by atoms with van der Waals surface area (Å²) in [5, 5.41) is 1.59. The molecule has 82 valence electrons. The highest BCUT2D eigenvalue weighted by atomic mass is 32.1. The molecule has 0 saturated carbocycles. The van der Waals surface area contributed by atoms with E-state index in [0.717, 1.165) is 12.0 Å². The Morgan fingerprint density at radius 1 is 1.40 bits per heavy atom. The lowest BCUT2D eigenvalue weighted by molar-refractivity contribution is 0.333. The molecule has 0 fully saturated rings. The summed E-state index contributed by atoms with van der Waals surface area (Å²) in [5.74, 6) is 5.76. The van der Waals surface area contributed by atoms with Gasteiger partial charge >= 0.3 is 0 Å². The molecular weight excluding hydrogens is 206 g/mol. The topological polar surface area (TPSA) is 35.2 Å². The largest absolute Gasteiger partial charge is 0.411 e. The molecule has 0 radical (unpaired) electrons. The summed E-state index contributed by atoms with van der Waals surface area (Å²) in [6.45, 7) is 6.62. The number of rotatable bonds is 3. The van der Waals surface area contributed by atoms with Crippen molar-refractivity contribution in [1.29, 1.82) is 0 Å². The van der Waals surface area contributed by atoms with Gasteiger partial charge < -0.3 is 4.84 Å². The molecule has 0 atom stereocenters. The fraction of sp³-hybridized carbons (Fsp3) is 0.417. The van der Waals surface area contributed by atoms with E-state index in [-0.39, 0.29) is 5.41 Å². The number of hydrogen-bond acceptors (Lipinski definition) is 3. The van der Waals surface area contributed by atoms with Crippen LogP contribution >= 0.6 is 12.2 Å². The fourth-order valence-corrected chi connectivity index (χ4v) is 1.70. The molecule has 1 aromatic rings. The van der Waals surface area contributed by atoms with E-state index < -0.39 is 0 Å². The average Bonchev–Trinajstić information content (AvgIpc) is 2.15. The Morgan fingerprint density at radius 3 is 2.53 bits per heavy atom. The molecule has 0 amide bonds. The molecule has 0 aliphatic carbocycles. The second kappa shape index (κ2) is 4.73. The van der Waals surface area contributed by atoms with Crippen LogP contribution in [0.1, 0.15) is 31.9 Å². The van der Waals surface area contributed by atoms with Crippen molar-refractivity contribution in [2.24, 2.45) is 11.3 Å². The van der Waals surface area contributed by atoms with Crippen LogP contribution in [0.25, 0.3) is 0 Å². The first-order valence-corrected chi connectivity index (χ1v) is 5.38. The number of hydrogen-bond donors (Lipinski definition) is 1. The molecule has 0 aromatic heterocycles. The number of benzene rings is 1. The van der Waals surface area contributed by atoms with Crippen molar-refractivity contribution in [3.05, 3.63) is 29.3 Å². The monoisotopic (exact) mass is 223 g/mol. The van der Waals surface area contributed by atoms with Gasteiger partial charge in [0.2, 0.25) is 0 Å². The van der Waals surface area contributed by atoms with Crippen molar-refractivity contribution in [2.75, 3.05) is 0 Å². The van der Waals surface area contributed by atoms with Crippen LogP contribution in [-0.4, -0.2) is 5.37 Å². The van der Waals surface area contributed by atoms with Crippen LogP contribution in [0, 0.1) is 5.41 Å². The van der Waals surface area contributed by atoms with E-state index in [0.29, 0.717) is 5.75 Å². The lowest BCUT2D eigenvalue weighted by atomic mass is 9.88. The van der Waals surface area contributed by atoms with Crippen LogP contribution in [0.5, 0.6) is 5.75 Å². The van der Waals surface area contributed by atoms with Crippen molar-refractivity contribution in [1.82, 2.24) is 0 Å². The number of thiocarbonyl (C=S) groups is 1. The summed E-state index contributed by atoms with van der Waals surface area (Å²) in [6, 6.07) is 5.91. The minimum absolute atomic E-state index is 0.268. The van der Waals surface area contributed by atoms with Gasteiger partial charge in [-0.1, -0.05) is 39.1 Å². The van der Waals surface area contributed by atoms with E-state index in [4.69, 9.17) is 23.0 Å². The van der Waals surface area contributed by atoms with Crippen molar-refractivity contribution in [2.45, 2.75) is 27.2 Å². The van der Waals surface area contributed by atoms with Crippen LogP contribution < -0.4 is 10.7 Å². The van der Waals surface area contributed by atoms with E-state index in [1.165, 1.54) is 5.56 Å². The molecule has 15 heavy (non-hydrogen) atoms. The smallest absolute Gasteiger partial charge is 0.154 e. The third-order valence-electron chi connectivity index (χ3n) is 2.06. The lowest BCUT2D eigenvalue weighted by Crippen LogP contribution is -2.10. The molecule has 2 N–H and O–H groups in total. The van der Waals surface area contributed by atoms with Crippen molar-refractivity contribution in [3.8, 4) is 5.75 Å². The molecule has 1 rings (SSSR count). The van der Waals surface area contributed by atoms with Gasteiger partial charge in [-0.3, -0.25) is 0 Å². The van der Waals surface area contributed by atoms with Gasteiger partial charge in [0.15, 0.2) is 5.75 Å². The highest BCUT2D eigenvalue weighted by Crippen LogP contribution is 2.24. The Balaban J connectivity index is 2.98. The normalized spacial score (nSPS) is 11.2. The quantitative estimate of drug-likeness (QED) is 0.632. The zero-order valence-corrected chi connectivity index (χ0v) is 10.2. The van der Waals surface area contributed by atoms with Gasteiger partial charge in [-0.25, -0.2) is 0 Å². The maximum absolute atomic E-state index is 5.14. The predicted octanol–water partition coefficient (Wildman–Crippen LogP) is 2.88. The van der Waals surface area contributed by atoms with E-state index in [9.17, 15) is 0 Å². The first kappa shape index (κ1) is 12.1. The van der Waals surface area contributed by atoms with Gasteiger partial charge in [-0.05, 0) is 29.5 Å². The van der Waals surface area contributed by atoms with Crippen molar-refractivity contribution < 1.29 is 4.84 Å². The first-order chi connectivity index (χ1) is 6.96. The van der Waals surface area contributed by atoms with Gasteiger partial charge in [0.25, 0.3) is 0 Å². The van der Waals surface area contributed by atoms with Crippen LogP contribution in [0.15, 0.2) is 18.2 Å². The van der Waals surface area contributed by atoms with E-state index in [1.54, 1.807) is 5.37 Å². The summed E-state index contributed by atoms with van der Waals surface area (Å²) in [4.78, 5) is 4.72. The van der Waals surface area contributed by atoms with Crippen LogP contribution in [0.4, 0.5) is 0 Å². The van der Waals surface area contributed by atoms with Crippen LogP contribution in [-0.2, 0) is 6.42 Å². The SMILES string of the molecule is CC(C)(C)Cc1ccc(ON)c(C=S)c1. The highest BCUT2D eigenvalue weighted by Gasteiger charge is 2.12. The molecular formula is C12H17NOS. The molecule has 0 spiro atoms. The molecule has 1 aromatic carbocycles. The minimum Gasteiger partial charge on any atom is -0.411 e. The van der Waals surface area contributed by atoms with Gasteiger partial charge in [-0.15, -0.1) is 0 Å². The molecule has 0 aliphatic heterocycles. The molecule has 0 heterocycles. The standard InChI is InChI=1S/C12H17NOS/c1-12(2,3)7-9-4-5-11(14-13)10(6-9)8-15/h4-6,8H,7,13H2,1-3H3. The van der Waals surface area contributed by atoms with Gasteiger partial charge in [0.05, 0.1) is 0 Å². The Hall–Kier alpha value is -0.930. The zero-order chi connectivity index (χ0) is 11.5. The van der Waals surface area contributed by atoms with Gasteiger partial charge in [0, 0.05) is 10.9 Å². The summed E-state index contributed by atoms with van der Waals surface area (Å²) < 4.78 is 0. The third-order valence-corrected chi connectivity index (χ3v) is 2.32. The summed E-state index contributed by atoms with van der Waals surface area (Å²) in [6.07, 6.45) is 1.01. The van der Waals surface area contributed by atoms with E-state index >= 15 is 0 Å². The fourth-order valence-electron chi connectivity index (χ4n) is 1.52. The molecule has 2 nitrogen and oxygen atoms in total. The van der Waals surface area contributed by atoms with E-state index in [1.807, 2.05) is 18.2 Å². The Morgan fingerprint density at radius 2 is 2.07 bits per heavy atom. The molecule has 0 bridgehead atoms. The second-order valence-electron chi connectivity index (χ2n) is 4.85. The number of nitrogens with two attached hydrogens (primary N) is 1. The summed E-state index contributed by atoms with van der Waals surface area (Å²) >= 11 is 4.91. The van der Waals surface area contributed by atoms with Gasteiger partial charge in [0.1, 0.15) is 0 Å². The molecule has 0 unspecified atom stereocenters. The van der Waals surface area contributed by atoms with Gasteiger partial charge in [-0.2, -0.15) is 5.90 Å². The molecule has 0 aliphatic rings. The second-order valence-corrected chi connectivity index (χ2v) is 5.08. The lowest BCUT2D eigenvalue weighted by Gasteiger charge is -2.18. The Kier molecular flexibility index (Phi) is 3.83. The van der Waals surface area contributed by atoms with Crippen LogP contribution in [0.3, 0.4) is 0 Å². The molecule has 0 saturated heterocycles. The first-order valence-electron chi connectivity index (χ1n) is 4.91. The zero-order valence-electron chi connectivity index (χ0n) is 9.41. The van der Waals surface area contributed by atoms with Crippen molar-refractivity contribution >= 4 is 17.6 Å².